The van der Waals surface area contributed by atoms with Crippen LogP contribution in [-0.4, -0.2) is 17.5 Å². The van der Waals surface area contributed by atoms with Crippen LogP contribution in [-0.2, 0) is 4.79 Å². The normalized spacial score (nSPS) is 11.4. The van der Waals surface area contributed by atoms with Crippen LogP contribution in [0.25, 0.3) is 6.08 Å². The van der Waals surface area contributed by atoms with E-state index in [1.807, 2.05) is 24.3 Å². The van der Waals surface area contributed by atoms with Crippen LogP contribution in [0.3, 0.4) is 0 Å². The standard InChI is InChI=1S/C22H32O3/c1-3-5-7-8-9-13-20(23)14-11-10-12-19-15-16-21(24)22(18-19)25-17-6-4-2/h10-12,14-16,18,24H,3-9,13,17H2,1-2H3. The van der Waals surface area contributed by atoms with Crippen molar-refractivity contribution in [3.8, 4) is 11.5 Å². The molecule has 0 saturated heterocycles. The van der Waals surface area contributed by atoms with Gasteiger partial charge >= 0.3 is 0 Å². The number of carbonyl (C=O) groups excluding carboxylic acids is 1. The van der Waals surface area contributed by atoms with Gasteiger partial charge < -0.3 is 9.84 Å². The number of rotatable bonds is 13. The first-order valence-corrected chi connectivity index (χ1v) is 9.50. The molecule has 1 aromatic carbocycles. The van der Waals surface area contributed by atoms with Crippen LogP contribution in [0.4, 0.5) is 0 Å². The molecule has 3 heteroatoms. The van der Waals surface area contributed by atoms with Crippen LogP contribution in [0.5, 0.6) is 11.5 Å². The monoisotopic (exact) mass is 344 g/mol. The molecule has 0 amide bonds. The van der Waals surface area contributed by atoms with Gasteiger partial charge in [0.05, 0.1) is 6.61 Å². The highest BCUT2D eigenvalue weighted by Gasteiger charge is 2.02. The predicted octanol–water partition coefficient (Wildman–Crippen LogP) is 6.07. The average molecular weight is 344 g/mol. The Morgan fingerprint density at radius 2 is 1.80 bits per heavy atom. The molecule has 1 rings (SSSR count). The Hall–Kier alpha value is -2.03. The Morgan fingerprint density at radius 1 is 1.04 bits per heavy atom. The third-order valence-electron chi connectivity index (χ3n) is 3.95. The van der Waals surface area contributed by atoms with E-state index in [0.717, 1.165) is 31.2 Å². The average Bonchev–Trinajstić information content (AvgIpc) is 2.61. The smallest absolute Gasteiger partial charge is 0.161 e. The molecular weight excluding hydrogens is 312 g/mol. The minimum Gasteiger partial charge on any atom is -0.504 e. The van der Waals surface area contributed by atoms with Crippen LogP contribution in [0.15, 0.2) is 36.4 Å². The Balaban J connectivity index is 2.41. The number of phenolic OH excluding ortho intramolecular Hbond substituents is 1. The van der Waals surface area contributed by atoms with Crippen molar-refractivity contribution < 1.29 is 14.6 Å². The molecule has 0 aliphatic carbocycles. The molecule has 0 heterocycles. The van der Waals surface area contributed by atoms with Crippen LogP contribution in [0.2, 0.25) is 0 Å². The quantitative estimate of drug-likeness (QED) is 0.268. The van der Waals surface area contributed by atoms with Crippen molar-refractivity contribution in [3.05, 3.63) is 42.0 Å². The van der Waals surface area contributed by atoms with Gasteiger partial charge in [0.25, 0.3) is 0 Å². The molecule has 138 valence electrons. The Labute approximate surface area is 152 Å². The molecule has 0 saturated carbocycles. The summed E-state index contributed by atoms with van der Waals surface area (Å²) in [5, 5.41) is 9.81. The first-order chi connectivity index (χ1) is 12.2. The lowest BCUT2D eigenvalue weighted by Crippen LogP contribution is -1.96. The van der Waals surface area contributed by atoms with Crippen LogP contribution < -0.4 is 4.74 Å². The molecule has 0 aromatic heterocycles. The first kappa shape index (κ1) is 21.0. The van der Waals surface area contributed by atoms with Crippen molar-refractivity contribution >= 4 is 11.9 Å². The molecule has 1 N–H and O–H groups in total. The van der Waals surface area contributed by atoms with Crippen molar-refractivity contribution in [1.82, 2.24) is 0 Å². The van der Waals surface area contributed by atoms with Crippen molar-refractivity contribution in [1.29, 1.82) is 0 Å². The second kappa shape index (κ2) is 13.3. The highest BCUT2D eigenvalue weighted by atomic mass is 16.5. The van der Waals surface area contributed by atoms with Crippen LogP contribution in [0, 0.1) is 0 Å². The number of unbranched alkanes of at least 4 members (excludes halogenated alkanes) is 5. The number of carbonyl (C=O) groups is 1. The molecule has 0 aliphatic rings. The molecule has 1 aromatic rings. The maximum Gasteiger partial charge on any atom is 0.161 e. The largest absolute Gasteiger partial charge is 0.504 e. The van der Waals surface area contributed by atoms with Gasteiger partial charge in [-0.2, -0.15) is 0 Å². The molecule has 25 heavy (non-hydrogen) atoms. The van der Waals surface area contributed by atoms with Gasteiger partial charge in [-0.15, -0.1) is 0 Å². The summed E-state index contributed by atoms with van der Waals surface area (Å²) in [7, 11) is 0. The topological polar surface area (TPSA) is 46.5 Å². The SMILES string of the molecule is CCCCCCCC(=O)C=CC=Cc1ccc(O)c(OCCCC)c1. The van der Waals surface area contributed by atoms with E-state index in [1.165, 1.54) is 19.3 Å². The van der Waals surface area contributed by atoms with Crippen molar-refractivity contribution in [2.45, 2.75) is 65.2 Å². The summed E-state index contributed by atoms with van der Waals surface area (Å²) in [6, 6.07) is 5.26. The van der Waals surface area contributed by atoms with E-state index in [0.29, 0.717) is 18.8 Å². The van der Waals surface area contributed by atoms with E-state index < -0.39 is 0 Å². The van der Waals surface area contributed by atoms with Gasteiger partial charge in [0.15, 0.2) is 17.3 Å². The zero-order valence-corrected chi connectivity index (χ0v) is 15.7. The molecule has 0 aliphatic heterocycles. The number of phenols is 1. The highest BCUT2D eigenvalue weighted by Crippen LogP contribution is 2.27. The van der Waals surface area contributed by atoms with Crippen LogP contribution >= 0.6 is 0 Å². The summed E-state index contributed by atoms with van der Waals surface area (Å²) in [4.78, 5) is 11.8. The number of allylic oxidation sites excluding steroid dienone is 3. The minimum atomic E-state index is 0.155. The van der Waals surface area contributed by atoms with E-state index >= 15 is 0 Å². The lowest BCUT2D eigenvalue weighted by Gasteiger charge is -2.08. The number of ketones is 1. The molecule has 0 bridgehead atoms. The lowest BCUT2D eigenvalue weighted by molar-refractivity contribution is -0.114. The number of hydrogen-bond acceptors (Lipinski definition) is 3. The van der Waals surface area contributed by atoms with E-state index in [9.17, 15) is 9.90 Å². The summed E-state index contributed by atoms with van der Waals surface area (Å²) < 4.78 is 5.58. The van der Waals surface area contributed by atoms with Gasteiger partial charge in [0.2, 0.25) is 0 Å². The van der Waals surface area contributed by atoms with Gasteiger partial charge in [-0.05, 0) is 36.6 Å². The lowest BCUT2D eigenvalue weighted by atomic mass is 10.1. The minimum absolute atomic E-state index is 0.155. The van der Waals surface area contributed by atoms with Gasteiger partial charge in [0.1, 0.15) is 0 Å². The third-order valence-corrected chi connectivity index (χ3v) is 3.95. The fraction of sp³-hybridized carbons (Fsp3) is 0.500. The number of ether oxygens (including phenoxy) is 1. The summed E-state index contributed by atoms with van der Waals surface area (Å²) in [6.07, 6.45) is 15.6. The third kappa shape index (κ3) is 9.75. The summed E-state index contributed by atoms with van der Waals surface area (Å²) in [6.45, 7) is 4.89. The zero-order valence-electron chi connectivity index (χ0n) is 15.7. The van der Waals surface area contributed by atoms with Gasteiger partial charge in [-0.1, -0.05) is 70.2 Å². The molecule has 0 radical (unpaired) electrons. The second-order valence-electron chi connectivity index (χ2n) is 6.28. The highest BCUT2D eigenvalue weighted by molar-refractivity contribution is 5.89. The van der Waals surface area contributed by atoms with E-state index in [-0.39, 0.29) is 11.5 Å². The van der Waals surface area contributed by atoms with Crippen molar-refractivity contribution in [2.75, 3.05) is 6.61 Å². The summed E-state index contributed by atoms with van der Waals surface area (Å²) in [5.74, 6) is 0.834. The molecule has 3 nitrogen and oxygen atoms in total. The molecule has 0 fully saturated rings. The number of aromatic hydroxyl groups is 1. The van der Waals surface area contributed by atoms with Gasteiger partial charge in [-0.25, -0.2) is 0 Å². The zero-order chi connectivity index (χ0) is 18.3. The Morgan fingerprint density at radius 3 is 2.56 bits per heavy atom. The Kier molecular flexibility index (Phi) is 11.2. The number of hydrogen-bond donors (Lipinski definition) is 1. The van der Waals surface area contributed by atoms with Gasteiger partial charge in [-0.3, -0.25) is 4.79 Å². The first-order valence-electron chi connectivity index (χ1n) is 9.50. The molecule has 0 atom stereocenters. The van der Waals surface area contributed by atoms with Crippen LogP contribution in [0.1, 0.15) is 70.8 Å². The fourth-order valence-corrected chi connectivity index (χ4v) is 2.39. The number of benzene rings is 1. The fourth-order valence-electron chi connectivity index (χ4n) is 2.39. The van der Waals surface area contributed by atoms with E-state index in [1.54, 1.807) is 18.2 Å². The summed E-state index contributed by atoms with van der Waals surface area (Å²) in [5.41, 5.74) is 0.931. The van der Waals surface area contributed by atoms with E-state index in [4.69, 9.17) is 4.74 Å². The molecule has 0 unspecified atom stereocenters. The predicted molar refractivity (Wildman–Crippen MR) is 105 cm³/mol. The Bertz CT molecular complexity index is 558. The second-order valence-corrected chi connectivity index (χ2v) is 6.28. The molecule has 0 spiro atoms. The summed E-state index contributed by atoms with van der Waals surface area (Å²) >= 11 is 0. The van der Waals surface area contributed by atoms with Crippen molar-refractivity contribution in [2.24, 2.45) is 0 Å². The van der Waals surface area contributed by atoms with Crippen molar-refractivity contribution in [3.63, 3.8) is 0 Å². The molecular formula is C22H32O3. The van der Waals surface area contributed by atoms with Gasteiger partial charge in [0, 0.05) is 6.42 Å². The maximum absolute atomic E-state index is 11.8. The maximum atomic E-state index is 11.8. The van der Waals surface area contributed by atoms with E-state index in [2.05, 4.69) is 13.8 Å².